The van der Waals surface area contributed by atoms with Gasteiger partial charge >= 0.3 is 0 Å². The van der Waals surface area contributed by atoms with Gasteiger partial charge in [-0.3, -0.25) is 0 Å². The zero-order valence-corrected chi connectivity index (χ0v) is 5.99. The molecule has 0 saturated carbocycles. The fraction of sp³-hybridized carbons (Fsp3) is 0. The van der Waals surface area contributed by atoms with Crippen molar-refractivity contribution in [2.24, 2.45) is 0 Å². The summed E-state index contributed by atoms with van der Waals surface area (Å²) in [5.41, 5.74) is 0.826. The summed E-state index contributed by atoms with van der Waals surface area (Å²) in [6.07, 6.45) is 3.37. The van der Waals surface area contributed by atoms with E-state index in [4.69, 9.17) is 0 Å². The lowest BCUT2D eigenvalue weighted by atomic mass is 10.6. The van der Waals surface area contributed by atoms with E-state index in [0.29, 0.717) is 0 Å². The minimum Gasteiger partial charge on any atom is -0.234 e. The van der Waals surface area contributed by atoms with E-state index in [1.807, 2.05) is 12.1 Å². The average molecular weight is 151 g/mol. The van der Waals surface area contributed by atoms with Crippen molar-refractivity contribution >= 4 is 18.3 Å². The maximum atomic E-state index is 4.14. The second kappa shape index (κ2) is 1.98. The number of rotatable bonds is 0. The van der Waals surface area contributed by atoms with Gasteiger partial charge in [0.2, 0.25) is 0 Å². The largest absolute Gasteiger partial charge is 0.234 e. The number of aromatic nitrogens is 3. The average Bonchev–Trinajstić information content (AvgIpc) is 2.34. The molecule has 0 aliphatic heterocycles. The molecule has 2 rings (SSSR count). The van der Waals surface area contributed by atoms with Crippen molar-refractivity contribution in [2.75, 3.05) is 0 Å². The van der Waals surface area contributed by atoms with E-state index in [1.54, 1.807) is 16.9 Å². The van der Waals surface area contributed by atoms with Crippen molar-refractivity contribution in [1.29, 1.82) is 0 Å². The fourth-order valence-corrected chi connectivity index (χ4v) is 1.03. The zero-order valence-electron chi connectivity index (χ0n) is 5.10. The molecule has 0 unspecified atom stereocenters. The number of nitrogens with zero attached hydrogens (tertiary/aromatic N) is 3. The van der Waals surface area contributed by atoms with Crippen molar-refractivity contribution in [3.8, 4) is 0 Å². The lowest BCUT2D eigenvalue weighted by molar-refractivity contribution is 0.858. The fourth-order valence-electron chi connectivity index (χ4n) is 0.817. The van der Waals surface area contributed by atoms with Crippen LogP contribution in [0.4, 0.5) is 0 Å². The van der Waals surface area contributed by atoms with E-state index in [1.165, 1.54) is 0 Å². The monoisotopic (exact) mass is 151 g/mol. The molecule has 0 aromatic carbocycles. The van der Waals surface area contributed by atoms with Crippen LogP contribution in [0.2, 0.25) is 0 Å². The van der Waals surface area contributed by atoms with Crippen LogP contribution in [0.3, 0.4) is 0 Å². The van der Waals surface area contributed by atoms with Crippen LogP contribution in [-0.4, -0.2) is 14.6 Å². The Hall–Kier alpha value is -1.03. The highest BCUT2D eigenvalue weighted by molar-refractivity contribution is 7.80. The van der Waals surface area contributed by atoms with E-state index >= 15 is 0 Å². The van der Waals surface area contributed by atoms with Crippen LogP contribution in [0.15, 0.2) is 29.6 Å². The number of thiol groups is 1. The van der Waals surface area contributed by atoms with Crippen molar-refractivity contribution in [3.05, 3.63) is 24.5 Å². The van der Waals surface area contributed by atoms with Crippen LogP contribution in [0.5, 0.6) is 0 Å². The van der Waals surface area contributed by atoms with Crippen LogP contribution in [0, 0.1) is 0 Å². The van der Waals surface area contributed by atoms with Gasteiger partial charge < -0.3 is 0 Å². The first-order valence-corrected chi connectivity index (χ1v) is 3.30. The Kier molecular flexibility index (Phi) is 1.14. The van der Waals surface area contributed by atoms with Gasteiger partial charge in [0.15, 0.2) is 5.65 Å². The van der Waals surface area contributed by atoms with Gasteiger partial charge in [-0.1, -0.05) is 0 Å². The predicted molar refractivity (Wildman–Crippen MR) is 40.2 cm³/mol. The molecule has 0 N–H and O–H groups in total. The Bertz CT molecular complexity index is 355. The molecule has 2 aromatic heterocycles. The van der Waals surface area contributed by atoms with E-state index in [-0.39, 0.29) is 0 Å². The third-order valence-electron chi connectivity index (χ3n) is 1.26. The third-order valence-corrected chi connectivity index (χ3v) is 1.56. The van der Waals surface area contributed by atoms with Crippen molar-refractivity contribution in [3.63, 3.8) is 0 Å². The lowest BCUT2D eigenvalue weighted by Crippen LogP contribution is -1.88. The predicted octanol–water partition coefficient (Wildman–Crippen LogP) is 1.02. The molecule has 4 heteroatoms. The maximum absolute atomic E-state index is 4.14. The van der Waals surface area contributed by atoms with E-state index < -0.39 is 0 Å². The quantitative estimate of drug-likeness (QED) is 0.570. The summed E-state index contributed by atoms with van der Waals surface area (Å²) >= 11 is 4.14. The molecule has 2 heterocycles. The molecule has 0 fully saturated rings. The molecule has 50 valence electrons. The molecule has 2 aromatic rings. The Labute approximate surface area is 63.1 Å². The molecule has 10 heavy (non-hydrogen) atoms. The number of hydrogen-bond donors (Lipinski definition) is 1. The summed E-state index contributed by atoms with van der Waals surface area (Å²) in [5, 5.41) is 4.78. The van der Waals surface area contributed by atoms with Gasteiger partial charge in [-0.05, 0) is 12.1 Å². The van der Waals surface area contributed by atoms with Crippen LogP contribution in [0.25, 0.3) is 5.65 Å². The highest BCUT2D eigenvalue weighted by Gasteiger charge is 1.95. The first kappa shape index (κ1) is 5.73. The minimum absolute atomic E-state index is 0.760. The van der Waals surface area contributed by atoms with Crippen molar-refractivity contribution in [2.45, 2.75) is 5.03 Å². The van der Waals surface area contributed by atoms with E-state index in [9.17, 15) is 0 Å². The van der Waals surface area contributed by atoms with Gasteiger partial charge in [0.05, 0.1) is 6.20 Å². The summed E-state index contributed by atoms with van der Waals surface area (Å²) in [6.45, 7) is 0. The Morgan fingerprint density at radius 2 is 2.40 bits per heavy atom. The highest BCUT2D eigenvalue weighted by atomic mass is 32.1. The van der Waals surface area contributed by atoms with Crippen LogP contribution in [-0.2, 0) is 0 Å². The van der Waals surface area contributed by atoms with Gasteiger partial charge in [-0.15, -0.1) is 12.6 Å². The topological polar surface area (TPSA) is 30.2 Å². The van der Waals surface area contributed by atoms with Gasteiger partial charge in [-0.25, -0.2) is 9.50 Å². The van der Waals surface area contributed by atoms with Gasteiger partial charge in [0.1, 0.15) is 5.03 Å². The smallest absolute Gasteiger partial charge is 0.154 e. The van der Waals surface area contributed by atoms with Gasteiger partial charge in [0.25, 0.3) is 0 Å². The minimum atomic E-state index is 0.760. The number of fused-ring (bicyclic) bond motifs is 1. The molecule has 0 aliphatic rings. The summed E-state index contributed by atoms with van der Waals surface area (Å²) in [4.78, 5) is 4.04. The van der Waals surface area contributed by atoms with Crippen molar-refractivity contribution in [1.82, 2.24) is 14.6 Å². The van der Waals surface area contributed by atoms with E-state index in [0.717, 1.165) is 10.7 Å². The molecule has 0 saturated heterocycles. The lowest BCUT2D eigenvalue weighted by Gasteiger charge is -1.89. The first-order valence-electron chi connectivity index (χ1n) is 2.85. The first-order chi connectivity index (χ1) is 4.88. The van der Waals surface area contributed by atoms with Crippen LogP contribution in [0.1, 0.15) is 0 Å². The second-order valence-corrected chi connectivity index (χ2v) is 2.37. The molecule has 0 radical (unpaired) electrons. The molecular weight excluding hydrogens is 146 g/mol. The summed E-state index contributed by atoms with van der Waals surface area (Å²) in [5.74, 6) is 0. The molecule has 0 spiro atoms. The molecule has 0 atom stereocenters. The molecule has 0 amide bonds. The van der Waals surface area contributed by atoms with Gasteiger partial charge in [-0.2, -0.15) is 5.10 Å². The standard InChI is InChI=1S/C6H5N3S/c10-6-4-7-5-2-1-3-8-9(5)6/h1-4,10H. The Morgan fingerprint density at radius 1 is 1.50 bits per heavy atom. The Balaban J connectivity index is 2.93. The third kappa shape index (κ3) is 0.690. The normalized spacial score (nSPS) is 10.5. The number of hydrogen-bond acceptors (Lipinski definition) is 3. The maximum Gasteiger partial charge on any atom is 0.154 e. The zero-order chi connectivity index (χ0) is 6.97. The molecule has 0 bridgehead atoms. The summed E-state index contributed by atoms with van der Waals surface area (Å²) in [7, 11) is 0. The molecule has 0 aliphatic carbocycles. The van der Waals surface area contributed by atoms with Crippen molar-refractivity contribution < 1.29 is 0 Å². The van der Waals surface area contributed by atoms with Gasteiger partial charge in [0, 0.05) is 6.20 Å². The highest BCUT2D eigenvalue weighted by Crippen LogP contribution is 2.05. The number of imidazole rings is 1. The van der Waals surface area contributed by atoms with E-state index in [2.05, 4.69) is 22.7 Å². The molecule has 3 nitrogen and oxygen atoms in total. The molecular formula is C6H5N3S. The second-order valence-electron chi connectivity index (χ2n) is 1.91. The summed E-state index contributed by atoms with van der Waals surface area (Å²) in [6, 6.07) is 3.72. The Morgan fingerprint density at radius 3 is 3.20 bits per heavy atom. The SMILES string of the molecule is Sc1cnc2cccnn12. The summed E-state index contributed by atoms with van der Waals surface area (Å²) < 4.78 is 1.67. The van der Waals surface area contributed by atoms with Crippen LogP contribution >= 0.6 is 12.6 Å². The van der Waals surface area contributed by atoms with Crippen LogP contribution < -0.4 is 0 Å².